The van der Waals surface area contributed by atoms with Crippen LogP contribution in [0, 0.1) is 5.82 Å². The summed E-state index contributed by atoms with van der Waals surface area (Å²) < 4.78 is 15.8. The summed E-state index contributed by atoms with van der Waals surface area (Å²) in [6.45, 7) is 7.86. The third kappa shape index (κ3) is 3.14. The third-order valence-electron chi connectivity index (χ3n) is 4.29. The summed E-state index contributed by atoms with van der Waals surface area (Å²) in [5.41, 5.74) is 1.88. The van der Waals surface area contributed by atoms with E-state index in [4.69, 9.17) is 0 Å². The molecule has 130 valence electrons. The molecule has 5 heteroatoms. The highest BCUT2D eigenvalue weighted by molar-refractivity contribution is 5.99. The molecule has 0 aliphatic heterocycles. The number of nitrogens with zero attached hydrogens (tertiary/aromatic N) is 3. The molecule has 0 spiro atoms. The highest BCUT2D eigenvalue weighted by atomic mass is 19.1. The van der Waals surface area contributed by atoms with Crippen molar-refractivity contribution in [3.63, 3.8) is 0 Å². The minimum atomic E-state index is -0.422. The van der Waals surface area contributed by atoms with Crippen LogP contribution in [0.5, 0.6) is 0 Å². The summed E-state index contributed by atoms with van der Waals surface area (Å²) in [7, 11) is 0. The van der Waals surface area contributed by atoms with Crippen LogP contribution in [0.1, 0.15) is 38.1 Å². The van der Waals surface area contributed by atoms with Crippen molar-refractivity contribution < 1.29 is 9.18 Å². The van der Waals surface area contributed by atoms with Crippen molar-refractivity contribution in [2.75, 3.05) is 0 Å². The highest BCUT2D eigenvalue weighted by Crippen LogP contribution is 2.25. The van der Waals surface area contributed by atoms with Crippen LogP contribution in [0.25, 0.3) is 16.6 Å². The van der Waals surface area contributed by atoms with E-state index in [0.717, 1.165) is 10.9 Å². The normalized spacial score (nSPS) is 11.5. The summed E-state index contributed by atoms with van der Waals surface area (Å²) in [5, 5.41) is 1.02. The van der Waals surface area contributed by atoms with Gasteiger partial charge in [-0.3, -0.25) is 9.78 Å². The first kappa shape index (κ1) is 17.1. The third-order valence-corrected chi connectivity index (χ3v) is 4.29. The second kappa shape index (κ2) is 6.67. The molecule has 3 rings (SSSR count). The Morgan fingerprint density at radius 2 is 1.84 bits per heavy atom. The molecule has 0 unspecified atom stereocenters. The second-order valence-corrected chi connectivity index (χ2v) is 6.68. The van der Waals surface area contributed by atoms with E-state index in [-0.39, 0.29) is 18.0 Å². The summed E-state index contributed by atoms with van der Waals surface area (Å²) >= 11 is 0. The van der Waals surface area contributed by atoms with Gasteiger partial charge in [0.05, 0.1) is 23.0 Å². The van der Waals surface area contributed by atoms with Crippen molar-refractivity contribution in [3.05, 3.63) is 60.3 Å². The number of benzene rings is 1. The van der Waals surface area contributed by atoms with Gasteiger partial charge in [-0.1, -0.05) is 0 Å². The van der Waals surface area contributed by atoms with Gasteiger partial charge in [0.2, 0.25) is 0 Å². The molecule has 0 saturated carbocycles. The van der Waals surface area contributed by atoms with E-state index in [2.05, 4.69) is 4.98 Å². The Kier molecular flexibility index (Phi) is 4.57. The maximum absolute atomic E-state index is 13.9. The summed E-state index contributed by atoms with van der Waals surface area (Å²) in [4.78, 5) is 19.1. The monoisotopic (exact) mass is 339 g/mol. The molecule has 2 aromatic heterocycles. The Morgan fingerprint density at radius 3 is 2.52 bits per heavy atom. The van der Waals surface area contributed by atoms with Crippen LogP contribution in [0.3, 0.4) is 0 Å². The number of hydrogen-bond acceptors (Lipinski definition) is 2. The van der Waals surface area contributed by atoms with Gasteiger partial charge >= 0.3 is 0 Å². The van der Waals surface area contributed by atoms with Crippen LogP contribution >= 0.6 is 0 Å². The summed E-state index contributed by atoms with van der Waals surface area (Å²) in [5.74, 6) is -0.598. The maximum atomic E-state index is 13.9. The van der Waals surface area contributed by atoms with Gasteiger partial charge in [-0.2, -0.15) is 0 Å². The molecule has 0 aliphatic carbocycles. The fourth-order valence-electron chi connectivity index (χ4n) is 3.28. The molecule has 0 bridgehead atoms. The Morgan fingerprint density at radius 1 is 1.12 bits per heavy atom. The van der Waals surface area contributed by atoms with Gasteiger partial charge in [-0.15, -0.1) is 0 Å². The fourth-order valence-corrected chi connectivity index (χ4v) is 3.28. The molecule has 0 atom stereocenters. The summed E-state index contributed by atoms with van der Waals surface area (Å²) in [6, 6.07) is 8.25. The molecule has 0 saturated heterocycles. The molecule has 0 radical (unpaired) electrons. The van der Waals surface area contributed by atoms with Gasteiger partial charge in [-0.05, 0) is 58.0 Å². The van der Waals surface area contributed by atoms with Crippen molar-refractivity contribution in [3.8, 4) is 5.69 Å². The highest BCUT2D eigenvalue weighted by Gasteiger charge is 2.25. The molecule has 4 nitrogen and oxygen atoms in total. The van der Waals surface area contributed by atoms with Crippen LogP contribution in [0.15, 0.2) is 48.9 Å². The van der Waals surface area contributed by atoms with Gasteiger partial charge < -0.3 is 9.47 Å². The zero-order valence-electron chi connectivity index (χ0n) is 14.9. The average Bonchev–Trinajstić information content (AvgIpc) is 2.98. The first-order valence-electron chi connectivity index (χ1n) is 8.44. The van der Waals surface area contributed by atoms with E-state index in [1.54, 1.807) is 23.4 Å². The first-order valence-corrected chi connectivity index (χ1v) is 8.44. The SMILES string of the molecule is CC(C)N(C(=O)c1cc(F)ccc1-n1ccc2ccncc21)C(C)C. The first-order chi connectivity index (χ1) is 11.9. The van der Waals surface area contributed by atoms with Crippen LogP contribution in [0.2, 0.25) is 0 Å². The lowest BCUT2D eigenvalue weighted by atomic mass is 10.1. The molecule has 3 aromatic rings. The molecular formula is C20H22FN3O. The zero-order valence-corrected chi connectivity index (χ0v) is 14.9. The van der Waals surface area contributed by atoms with Crippen molar-refractivity contribution in [1.29, 1.82) is 0 Å². The number of carbonyl (C=O) groups excluding carboxylic acids is 1. The molecule has 25 heavy (non-hydrogen) atoms. The topological polar surface area (TPSA) is 38.1 Å². The second-order valence-electron chi connectivity index (χ2n) is 6.68. The Labute approximate surface area is 146 Å². The smallest absolute Gasteiger partial charge is 0.256 e. The van der Waals surface area contributed by atoms with Gasteiger partial charge in [0, 0.05) is 29.9 Å². The molecule has 0 N–H and O–H groups in total. The minimum absolute atomic E-state index is 0.0201. The van der Waals surface area contributed by atoms with E-state index >= 15 is 0 Å². The molecule has 0 aliphatic rings. The Hall–Kier alpha value is -2.69. The number of aromatic nitrogens is 2. The number of amides is 1. The quantitative estimate of drug-likeness (QED) is 0.705. The van der Waals surface area contributed by atoms with Crippen molar-refractivity contribution >= 4 is 16.8 Å². The lowest BCUT2D eigenvalue weighted by Gasteiger charge is -2.31. The standard InChI is InChI=1S/C20H22FN3O/c1-13(2)24(14(3)4)20(25)17-11-16(21)5-6-18(17)23-10-8-15-7-9-22-12-19(15)23/h5-14H,1-4H3. The zero-order chi connectivity index (χ0) is 18.1. The lowest BCUT2D eigenvalue weighted by molar-refractivity contribution is 0.0643. The molecule has 0 fully saturated rings. The largest absolute Gasteiger partial charge is 0.334 e. The number of carbonyl (C=O) groups is 1. The Bertz CT molecular complexity index is 906. The van der Waals surface area contributed by atoms with Crippen molar-refractivity contribution in [2.24, 2.45) is 0 Å². The molecule has 1 aromatic carbocycles. The maximum Gasteiger partial charge on any atom is 0.256 e. The summed E-state index contributed by atoms with van der Waals surface area (Å²) in [6.07, 6.45) is 5.35. The van der Waals surface area contributed by atoms with Gasteiger partial charge in [0.1, 0.15) is 5.82 Å². The van der Waals surface area contributed by atoms with Gasteiger partial charge in [0.15, 0.2) is 0 Å². The van der Waals surface area contributed by atoms with Crippen LogP contribution in [0.4, 0.5) is 4.39 Å². The van der Waals surface area contributed by atoms with E-state index in [9.17, 15) is 9.18 Å². The molecular weight excluding hydrogens is 317 g/mol. The van der Waals surface area contributed by atoms with E-state index in [0.29, 0.717) is 11.3 Å². The fraction of sp³-hybridized carbons (Fsp3) is 0.300. The molecule has 1 amide bonds. The van der Waals surface area contributed by atoms with Gasteiger partial charge in [0.25, 0.3) is 5.91 Å². The van der Waals surface area contributed by atoms with Crippen LogP contribution < -0.4 is 0 Å². The number of hydrogen-bond donors (Lipinski definition) is 0. The Balaban J connectivity index is 2.18. The molecule has 2 heterocycles. The average molecular weight is 339 g/mol. The van der Waals surface area contributed by atoms with E-state index < -0.39 is 5.82 Å². The van der Waals surface area contributed by atoms with Crippen molar-refractivity contribution in [2.45, 2.75) is 39.8 Å². The van der Waals surface area contributed by atoms with Gasteiger partial charge in [-0.25, -0.2) is 4.39 Å². The number of halogens is 1. The van der Waals surface area contributed by atoms with Crippen LogP contribution in [-0.2, 0) is 0 Å². The predicted octanol–water partition coefficient (Wildman–Crippen LogP) is 4.42. The lowest BCUT2D eigenvalue weighted by Crippen LogP contribution is -2.42. The van der Waals surface area contributed by atoms with Crippen LogP contribution in [-0.4, -0.2) is 32.4 Å². The van der Waals surface area contributed by atoms with Crippen molar-refractivity contribution in [1.82, 2.24) is 14.5 Å². The van der Waals surface area contributed by atoms with E-state index in [1.807, 2.05) is 50.6 Å². The number of rotatable bonds is 4. The number of pyridine rings is 1. The minimum Gasteiger partial charge on any atom is -0.334 e. The van der Waals surface area contributed by atoms with E-state index in [1.165, 1.54) is 12.1 Å². The number of fused-ring (bicyclic) bond motifs is 1. The predicted molar refractivity (Wildman–Crippen MR) is 97.5 cm³/mol.